The summed E-state index contributed by atoms with van der Waals surface area (Å²) in [6.45, 7) is -0.280. The molecule has 1 amide bonds. The van der Waals surface area contributed by atoms with E-state index >= 15 is 0 Å². The minimum Gasteiger partial charge on any atom is -0.386 e. The van der Waals surface area contributed by atoms with Gasteiger partial charge >= 0.3 is 0 Å². The summed E-state index contributed by atoms with van der Waals surface area (Å²) >= 11 is 0. The molecule has 110 valence electrons. The summed E-state index contributed by atoms with van der Waals surface area (Å²) in [5.74, 6) is -2.82. The van der Waals surface area contributed by atoms with Crippen LogP contribution >= 0.6 is 0 Å². The van der Waals surface area contributed by atoms with Crippen molar-refractivity contribution in [2.45, 2.75) is 6.10 Å². The first-order chi connectivity index (χ1) is 9.97. The van der Waals surface area contributed by atoms with Crippen LogP contribution < -0.4 is 5.32 Å². The van der Waals surface area contributed by atoms with Crippen molar-refractivity contribution in [3.05, 3.63) is 71.0 Å². The zero-order chi connectivity index (χ0) is 15.4. The molecule has 2 aromatic rings. The van der Waals surface area contributed by atoms with Crippen LogP contribution in [0.25, 0.3) is 0 Å². The van der Waals surface area contributed by atoms with Crippen LogP contribution in [0.4, 0.5) is 13.2 Å². The van der Waals surface area contributed by atoms with Crippen molar-refractivity contribution in [2.24, 2.45) is 0 Å². The van der Waals surface area contributed by atoms with Crippen LogP contribution in [0.2, 0.25) is 0 Å². The van der Waals surface area contributed by atoms with E-state index < -0.39 is 29.5 Å². The second kappa shape index (κ2) is 6.41. The predicted molar refractivity (Wildman–Crippen MR) is 70.1 cm³/mol. The molecule has 21 heavy (non-hydrogen) atoms. The molecule has 0 radical (unpaired) electrons. The molecule has 0 aliphatic rings. The number of halogens is 3. The highest BCUT2D eigenvalue weighted by Crippen LogP contribution is 2.17. The number of aliphatic hydroxyl groups excluding tert-OH is 1. The quantitative estimate of drug-likeness (QED) is 0.911. The lowest BCUT2D eigenvalue weighted by Gasteiger charge is -2.13. The Morgan fingerprint density at radius 2 is 1.81 bits per heavy atom. The minimum atomic E-state index is -1.33. The van der Waals surface area contributed by atoms with Gasteiger partial charge in [0.25, 0.3) is 5.91 Å². The number of hydrogen-bond donors (Lipinski definition) is 2. The molecule has 0 spiro atoms. The third-order valence-corrected chi connectivity index (χ3v) is 2.86. The number of nitrogens with one attached hydrogen (secondary N) is 1. The first-order valence-electron chi connectivity index (χ1n) is 6.14. The highest BCUT2D eigenvalue weighted by Gasteiger charge is 2.15. The number of aliphatic hydroxyl groups is 1. The maximum atomic E-state index is 13.4. The molecule has 6 heteroatoms. The van der Waals surface area contributed by atoms with Gasteiger partial charge in [-0.25, -0.2) is 13.2 Å². The Bertz CT molecular complexity index is 661. The fourth-order valence-corrected chi connectivity index (χ4v) is 1.80. The third kappa shape index (κ3) is 3.82. The molecule has 3 nitrogen and oxygen atoms in total. The van der Waals surface area contributed by atoms with Gasteiger partial charge in [0.2, 0.25) is 0 Å². The van der Waals surface area contributed by atoms with Gasteiger partial charge in [0, 0.05) is 23.7 Å². The Morgan fingerprint density at radius 1 is 1.10 bits per heavy atom. The number of rotatable bonds is 4. The Labute approximate surface area is 119 Å². The van der Waals surface area contributed by atoms with Crippen molar-refractivity contribution < 1.29 is 23.1 Å². The molecule has 0 saturated heterocycles. The van der Waals surface area contributed by atoms with E-state index in [-0.39, 0.29) is 17.7 Å². The first-order valence-corrected chi connectivity index (χ1v) is 6.14. The van der Waals surface area contributed by atoms with Crippen LogP contribution in [-0.2, 0) is 0 Å². The molecule has 0 aliphatic carbocycles. The SMILES string of the molecule is O=C(NC[C@H](O)c1ccc(F)cc1F)c1cccc(F)c1. The number of carbonyl (C=O) groups excluding carboxylic acids is 1. The normalized spacial score (nSPS) is 12.0. The van der Waals surface area contributed by atoms with E-state index in [0.717, 1.165) is 18.2 Å². The van der Waals surface area contributed by atoms with Gasteiger partial charge in [-0.3, -0.25) is 4.79 Å². The first kappa shape index (κ1) is 15.1. The summed E-state index contributed by atoms with van der Waals surface area (Å²) in [7, 11) is 0. The van der Waals surface area contributed by atoms with Crippen molar-refractivity contribution >= 4 is 5.91 Å². The van der Waals surface area contributed by atoms with E-state index in [1.165, 1.54) is 18.2 Å². The Balaban J connectivity index is 2.00. The van der Waals surface area contributed by atoms with Crippen LogP contribution in [0.1, 0.15) is 22.0 Å². The van der Waals surface area contributed by atoms with Crippen LogP contribution in [0.3, 0.4) is 0 Å². The lowest BCUT2D eigenvalue weighted by Crippen LogP contribution is -2.28. The van der Waals surface area contributed by atoms with Gasteiger partial charge in [0.05, 0.1) is 6.10 Å². The van der Waals surface area contributed by atoms with Gasteiger partial charge in [0.1, 0.15) is 17.5 Å². The maximum absolute atomic E-state index is 13.4. The standard InChI is InChI=1S/C15H12F3NO2/c16-10-3-1-2-9(6-10)15(21)19-8-14(20)12-5-4-11(17)7-13(12)18/h1-7,14,20H,8H2,(H,19,21)/t14-/m0/s1. The van der Waals surface area contributed by atoms with Crippen molar-refractivity contribution in [3.8, 4) is 0 Å². The smallest absolute Gasteiger partial charge is 0.251 e. The van der Waals surface area contributed by atoms with E-state index in [0.29, 0.717) is 6.07 Å². The summed E-state index contributed by atoms with van der Waals surface area (Å²) in [5.41, 5.74) is -0.0438. The van der Waals surface area contributed by atoms with Crippen LogP contribution in [0, 0.1) is 17.5 Å². The van der Waals surface area contributed by atoms with Crippen LogP contribution in [0.15, 0.2) is 42.5 Å². The van der Waals surface area contributed by atoms with Crippen molar-refractivity contribution in [1.82, 2.24) is 5.32 Å². The zero-order valence-corrected chi connectivity index (χ0v) is 10.8. The summed E-state index contributed by atoms with van der Waals surface area (Å²) in [5, 5.41) is 12.1. The molecular formula is C15H12F3NO2. The van der Waals surface area contributed by atoms with Gasteiger partial charge in [-0.15, -0.1) is 0 Å². The Kier molecular flexibility index (Phi) is 4.59. The van der Waals surface area contributed by atoms with Gasteiger partial charge in [-0.1, -0.05) is 12.1 Å². The number of benzene rings is 2. The fraction of sp³-hybridized carbons (Fsp3) is 0.133. The van der Waals surface area contributed by atoms with Gasteiger partial charge < -0.3 is 10.4 Å². The third-order valence-electron chi connectivity index (χ3n) is 2.86. The Hall–Kier alpha value is -2.34. The van der Waals surface area contributed by atoms with Gasteiger partial charge in [-0.2, -0.15) is 0 Å². The van der Waals surface area contributed by atoms with Crippen molar-refractivity contribution in [3.63, 3.8) is 0 Å². The van der Waals surface area contributed by atoms with Crippen molar-refractivity contribution in [1.29, 1.82) is 0 Å². The average molecular weight is 295 g/mol. The fourth-order valence-electron chi connectivity index (χ4n) is 1.80. The lowest BCUT2D eigenvalue weighted by molar-refractivity contribution is 0.0913. The summed E-state index contributed by atoms with van der Waals surface area (Å²) in [6, 6.07) is 7.77. The lowest BCUT2D eigenvalue weighted by atomic mass is 10.1. The highest BCUT2D eigenvalue weighted by molar-refractivity contribution is 5.94. The molecular weight excluding hydrogens is 283 g/mol. The number of hydrogen-bond acceptors (Lipinski definition) is 2. The second-order valence-corrected chi connectivity index (χ2v) is 4.40. The van der Waals surface area contributed by atoms with Crippen molar-refractivity contribution in [2.75, 3.05) is 6.54 Å². The van der Waals surface area contributed by atoms with Gasteiger partial charge in [-0.05, 0) is 24.3 Å². The molecule has 1 atom stereocenters. The highest BCUT2D eigenvalue weighted by atomic mass is 19.1. The number of carbonyl (C=O) groups is 1. The van der Waals surface area contributed by atoms with Gasteiger partial charge in [0.15, 0.2) is 0 Å². The second-order valence-electron chi connectivity index (χ2n) is 4.40. The molecule has 2 N–H and O–H groups in total. The van der Waals surface area contributed by atoms with Crippen LogP contribution in [0.5, 0.6) is 0 Å². The summed E-state index contributed by atoms with van der Waals surface area (Å²) in [6.07, 6.45) is -1.33. The van der Waals surface area contributed by atoms with E-state index in [1.54, 1.807) is 0 Å². The Morgan fingerprint density at radius 3 is 2.48 bits per heavy atom. The molecule has 0 fully saturated rings. The van der Waals surface area contributed by atoms with E-state index in [9.17, 15) is 23.1 Å². The number of amides is 1. The summed E-state index contributed by atoms with van der Waals surface area (Å²) in [4.78, 5) is 11.7. The predicted octanol–water partition coefficient (Wildman–Crippen LogP) is 2.57. The molecule has 0 bridgehead atoms. The van der Waals surface area contributed by atoms with E-state index in [1.807, 2.05) is 0 Å². The molecule has 0 heterocycles. The maximum Gasteiger partial charge on any atom is 0.251 e. The van der Waals surface area contributed by atoms with E-state index in [4.69, 9.17) is 0 Å². The average Bonchev–Trinajstić information content (AvgIpc) is 2.44. The topological polar surface area (TPSA) is 49.3 Å². The molecule has 0 aromatic heterocycles. The largest absolute Gasteiger partial charge is 0.386 e. The molecule has 0 saturated carbocycles. The monoisotopic (exact) mass is 295 g/mol. The van der Waals surface area contributed by atoms with Crippen LogP contribution in [-0.4, -0.2) is 17.6 Å². The molecule has 0 unspecified atom stereocenters. The van der Waals surface area contributed by atoms with E-state index in [2.05, 4.69) is 5.32 Å². The zero-order valence-electron chi connectivity index (χ0n) is 10.8. The minimum absolute atomic E-state index is 0.0850. The molecule has 0 aliphatic heterocycles. The molecule has 2 aromatic carbocycles. The molecule has 2 rings (SSSR count). The summed E-state index contributed by atoms with van der Waals surface area (Å²) < 4.78 is 39.2.